The maximum absolute atomic E-state index is 13.0. The first-order valence-electron chi connectivity index (χ1n) is 9.36. The number of aromatic nitrogens is 2. The summed E-state index contributed by atoms with van der Waals surface area (Å²) >= 11 is 18.2. The maximum Gasteiger partial charge on any atom is 0.263 e. The first-order valence-corrected chi connectivity index (χ1v) is 10.5. The molecular formula is C21H20Cl3N3O3. The van der Waals surface area contributed by atoms with Gasteiger partial charge in [-0.15, -0.1) is 10.2 Å². The molecule has 0 N–H and O–H groups in total. The van der Waals surface area contributed by atoms with Gasteiger partial charge in [-0.1, -0.05) is 53.9 Å². The van der Waals surface area contributed by atoms with E-state index < -0.39 is 6.10 Å². The number of benzene rings is 2. The van der Waals surface area contributed by atoms with Crippen LogP contribution in [0.3, 0.4) is 0 Å². The molecular weight excluding hydrogens is 449 g/mol. The lowest BCUT2D eigenvalue weighted by Crippen LogP contribution is -2.40. The van der Waals surface area contributed by atoms with Crippen molar-refractivity contribution in [3.05, 3.63) is 63.4 Å². The van der Waals surface area contributed by atoms with Gasteiger partial charge in [0, 0.05) is 11.6 Å². The van der Waals surface area contributed by atoms with Crippen molar-refractivity contribution in [2.45, 2.75) is 32.9 Å². The SMILES string of the molecule is CCCN(Cc1nnc(-c2ccccc2Cl)o1)C(=O)C(C)Oc1ccc(Cl)cc1Cl. The summed E-state index contributed by atoms with van der Waals surface area (Å²) in [6.45, 7) is 4.31. The van der Waals surface area contributed by atoms with Crippen LogP contribution < -0.4 is 4.74 Å². The second-order valence-electron chi connectivity index (χ2n) is 6.58. The zero-order chi connectivity index (χ0) is 21.7. The average Bonchev–Trinajstić information content (AvgIpc) is 3.18. The number of rotatable bonds is 8. The highest BCUT2D eigenvalue weighted by Crippen LogP contribution is 2.29. The minimum absolute atomic E-state index is 0.159. The number of ether oxygens (including phenoxy) is 1. The molecule has 1 unspecified atom stereocenters. The molecule has 3 aromatic rings. The van der Waals surface area contributed by atoms with Crippen LogP contribution in [0.25, 0.3) is 11.5 Å². The van der Waals surface area contributed by atoms with Gasteiger partial charge in [0.15, 0.2) is 6.10 Å². The van der Waals surface area contributed by atoms with Crippen molar-refractivity contribution < 1.29 is 13.9 Å². The third-order valence-electron chi connectivity index (χ3n) is 4.25. The summed E-state index contributed by atoms with van der Waals surface area (Å²) in [6.07, 6.45) is -0.00717. The number of amides is 1. The molecule has 30 heavy (non-hydrogen) atoms. The summed E-state index contributed by atoms with van der Waals surface area (Å²) in [4.78, 5) is 14.6. The molecule has 158 valence electrons. The van der Waals surface area contributed by atoms with Crippen molar-refractivity contribution in [3.63, 3.8) is 0 Å². The Morgan fingerprint density at radius 3 is 2.60 bits per heavy atom. The van der Waals surface area contributed by atoms with E-state index in [4.69, 9.17) is 44.0 Å². The lowest BCUT2D eigenvalue weighted by Gasteiger charge is -2.24. The van der Waals surface area contributed by atoms with Gasteiger partial charge in [0.25, 0.3) is 5.91 Å². The third kappa shape index (κ3) is 5.45. The van der Waals surface area contributed by atoms with E-state index in [1.54, 1.807) is 42.2 Å². The van der Waals surface area contributed by atoms with Gasteiger partial charge in [0.1, 0.15) is 5.75 Å². The highest BCUT2D eigenvalue weighted by atomic mass is 35.5. The Labute approximate surface area is 189 Å². The van der Waals surface area contributed by atoms with Crippen LogP contribution in [0.15, 0.2) is 46.9 Å². The van der Waals surface area contributed by atoms with Crippen LogP contribution in [0.5, 0.6) is 5.75 Å². The number of nitrogens with zero attached hydrogens (tertiary/aromatic N) is 3. The van der Waals surface area contributed by atoms with Crippen LogP contribution in [-0.2, 0) is 11.3 Å². The lowest BCUT2D eigenvalue weighted by molar-refractivity contribution is -0.139. The van der Waals surface area contributed by atoms with E-state index in [0.717, 1.165) is 6.42 Å². The van der Waals surface area contributed by atoms with Crippen molar-refractivity contribution in [3.8, 4) is 17.2 Å². The van der Waals surface area contributed by atoms with E-state index in [1.165, 1.54) is 0 Å². The van der Waals surface area contributed by atoms with E-state index >= 15 is 0 Å². The second-order valence-corrected chi connectivity index (χ2v) is 7.83. The van der Waals surface area contributed by atoms with Crippen molar-refractivity contribution in [2.24, 2.45) is 0 Å². The molecule has 0 radical (unpaired) electrons. The van der Waals surface area contributed by atoms with Crippen molar-refractivity contribution >= 4 is 40.7 Å². The van der Waals surface area contributed by atoms with E-state index in [0.29, 0.717) is 44.7 Å². The van der Waals surface area contributed by atoms with Gasteiger partial charge in [0.05, 0.1) is 22.2 Å². The molecule has 0 bridgehead atoms. The minimum atomic E-state index is -0.763. The summed E-state index contributed by atoms with van der Waals surface area (Å²) in [7, 11) is 0. The topological polar surface area (TPSA) is 68.5 Å². The highest BCUT2D eigenvalue weighted by molar-refractivity contribution is 6.35. The average molecular weight is 469 g/mol. The van der Waals surface area contributed by atoms with Gasteiger partial charge in [0.2, 0.25) is 11.8 Å². The van der Waals surface area contributed by atoms with Crippen molar-refractivity contribution in [1.82, 2.24) is 15.1 Å². The van der Waals surface area contributed by atoms with Crippen LogP contribution in [0, 0.1) is 0 Å². The molecule has 0 saturated carbocycles. The summed E-state index contributed by atoms with van der Waals surface area (Å²) in [5, 5.41) is 9.45. The van der Waals surface area contributed by atoms with Gasteiger partial charge in [-0.2, -0.15) is 0 Å². The standard InChI is InChI=1S/C21H20Cl3N3O3/c1-3-10-27(21(28)13(2)29-18-9-8-14(22)11-17(18)24)12-19-25-26-20(30-19)15-6-4-5-7-16(15)23/h4-9,11,13H,3,10,12H2,1-2H3. The summed E-state index contributed by atoms with van der Waals surface area (Å²) in [5.41, 5.74) is 0.639. The lowest BCUT2D eigenvalue weighted by atomic mass is 10.2. The molecule has 6 nitrogen and oxygen atoms in total. The molecule has 0 spiro atoms. The summed E-state index contributed by atoms with van der Waals surface area (Å²) in [5.74, 6) is 0.776. The minimum Gasteiger partial charge on any atom is -0.479 e. The number of hydrogen-bond donors (Lipinski definition) is 0. The molecule has 0 saturated heterocycles. The Morgan fingerprint density at radius 2 is 1.90 bits per heavy atom. The molecule has 0 fully saturated rings. The normalized spacial score (nSPS) is 11.9. The Bertz CT molecular complexity index is 1030. The molecule has 2 aromatic carbocycles. The molecule has 0 aliphatic heterocycles. The van der Waals surface area contributed by atoms with Crippen LogP contribution in [0.2, 0.25) is 15.1 Å². The van der Waals surface area contributed by atoms with Gasteiger partial charge in [-0.05, 0) is 43.7 Å². The van der Waals surface area contributed by atoms with Crippen LogP contribution in [0.1, 0.15) is 26.2 Å². The first-order chi connectivity index (χ1) is 14.4. The Kier molecular flexibility index (Phi) is 7.58. The van der Waals surface area contributed by atoms with Crippen LogP contribution >= 0.6 is 34.8 Å². The van der Waals surface area contributed by atoms with Gasteiger partial charge in [-0.3, -0.25) is 4.79 Å². The first kappa shape index (κ1) is 22.4. The fraction of sp³-hybridized carbons (Fsp3) is 0.286. The summed E-state index contributed by atoms with van der Waals surface area (Å²) in [6, 6.07) is 12.0. The number of carbonyl (C=O) groups is 1. The van der Waals surface area contributed by atoms with Gasteiger partial charge in [-0.25, -0.2) is 0 Å². The monoisotopic (exact) mass is 467 g/mol. The Morgan fingerprint density at radius 1 is 1.13 bits per heavy atom. The number of hydrogen-bond acceptors (Lipinski definition) is 5. The van der Waals surface area contributed by atoms with Crippen molar-refractivity contribution in [2.75, 3.05) is 6.54 Å². The quantitative estimate of drug-likeness (QED) is 0.411. The molecule has 0 aliphatic carbocycles. The fourth-order valence-electron chi connectivity index (χ4n) is 2.83. The highest BCUT2D eigenvalue weighted by Gasteiger charge is 2.24. The molecule has 1 atom stereocenters. The van der Waals surface area contributed by atoms with Gasteiger partial charge < -0.3 is 14.1 Å². The number of halogens is 3. The fourth-order valence-corrected chi connectivity index (χ4v) is 3.50. The van der Waals surface area contributed by atoms with Crippen molar-refractivity contribution in [1.29, 1.82) is 0 Å². The maximum atomic E-state index is 13.0. The smallest absolute Gasteiger partial charge is 0.263 e. The third-order valence-corrected chi connectivity index (χ3v) is 5.11. The zero-order valence-corrected chi connectivity index (χ0v) is 18.7. The molecule has 9 heteroatoms. The number of carbonyl (C=O) groups excluding carboxylic acids is 1. The molecule has 3 rings (SSSR count). The largest absolute Gasteiger partial charge is 0.479 e. The van der Waals surface area contributed by atoms with E-state index in [9.17, 15) is 4.79 Å². The summed E-state index contributed by atoms with van der Waals surface area (Å²) < 4.78 is 11.5. The predicted molar refractivity (Wildman–Crippen MR) is 117 cm³/mol. The van der Waals surface area contributed by atoms with Gasteiger partial charge >= 0.3 is 0 Å². The molecule has 1 heterocycles. The molecule has 0 aliphatic rings. The molecule has 1 amide bonds. The Hall–Kier alpha value is -2.28. The second kappa shape index (κ2) is 10.2. The predicted octanol–water partition coefficient (Wildman–Crippen LogP) is 5.90. The van der Waals surface area contributed by atoms with Crippen LogP contribution in [0.4, 0.5) is 0 Å². The zero-order valence-electron chi connectivity index (χ0n) is 16.4. The van der Waals surface area contributed by atoms with E-state index in [2.05, 4.69) is 10.2 Å². The van der Waals surface area contributed by atoms with Crippen LogP contribution in [-0.4, -0.2) is 33.7 Å². The Balaban J connectivity index is 1.72. The van der Waals surface area contributed by atoms with E-state index in [1.807, 2.05) is 19.1 Å². The molecule has 1 aromatic heterocycles. The van der Waals surface area contributed by atoms with E-state index in [-0.39, 0.29) is 12.5 Å².